The molecule has 4 fully saturated rings. The molecule has 0 saturated carbocycles. The molecule has 4 aromatic rings. The first kappa shape index (κ1) is 30.0. The number of aryl methyl sites for hydroxylation is 2. The van der Waals surface area contributed by atoms with Gasteiger partial charge < -0.3 is 10.2 Å². The number of carbonyl (C=O) groups excluding carboxylic acids is 1. The molecule has 2 N–H and O–H groups in total. The molecule has 0 atom stereocenters. The Kier molecular flexibility index (Phi) is 9.48. The summed E-state index contributed by atoms with van der Waals surface area (Å²) < 4.78 is 0. The normalized spacial score (nSPS) is 21.5. The maximum absolute atomic E-state index is 10.8. The number of rotatable bonds is 3. The van der Waals surface area contributed by atoms with Gasteiger partial charge in [0.1, 0.15) is 11.5 Å². The maximum atomic E-state index is 10.8. The lowest BCUT2D eigenvalue weighted by atomic mass is 10.0. The molecule has 7 nitrogen and oxygen atoms in total. The fourth-order valence-corrected chi connectivity index (χ4v) is 5.85. The average Bonchev–Trinajstić information content (AvgIpc) is 2.96. The summed E-state index contributed by atoms with van der Waals surface area (Å²) in [6, 6.07) is 24.5. The number of halogens is 2. The van der Waals surface area contributed by atoms with Crippen molar-refractivity contribution in [3.8, 4) is 33.8 Å². The Bertz CT molecular complexity index is 1520. The molecule has 0 unspecified atom stereocenters. The average molecular weight is 606 g/mol. The van der Waals surface area contributed by atoms with Crippen molar-refractivity contribution in [2.75, 3.05) is 40.0 Å². The Hall–Kier alpha value is -3.43. The molecule has 4 aliphatic rings. The summed E-state index contributed by atoms with van der Waals surface area (Å²) in [6.45, 7) is 11.2. The van der Waals surface area contributed by atoms with E-state index in [9.17, 15) is 15.0 Å². The van der Waals surface area contributed by atoms with Crippen LogP contribution in [-0.4, -0.2) is 76.1 Å². The van der Waals surface area contributed by atoms with E-state index in [1.165, 1.54) is 45.6 Å². The van der Waals surface area contributed by atoms with Gasteiger partial charge in [-0.25, -0.2) is 0 Å². The van der Waals surface area contributed by atoms with Crippen LogP contribution < -0.4 is 0 Å². The highest BCUT2D eigenvalue weighted by Crippen LogP contribution is 2.33. The summed E-state index contributed by atoms with van der Waals surface area (Å²) in [5, 5.41) is 19.4. The maximum Gasteiger partial charge on any atom is 0.153 e. The van der Waals surface area contributed by atoms with Crippen molar-refractivity contribution in [1.82, 2.24) is 19.6 Å². The minimum Gasteiger partial charge on any atom is -0.506 e. The molecular weight excluding hydrogens is 571 g/mol. The fourth-order valence-electron chi connectivity index (χ4n) is 5.45. The summed E-state index contributed by atoms with van der Waals surface area (Å²) in [7, 11) is 0. The lowest BCUT2D eigenvalue weighted by molar-refractivity contribution is -0.194. The molecule has 4 aliphatic heterocycles. The van der Waals surface area contributed by atoms with Crippen LogP contribution in [0, 0.1) is 13.8 Å². The second-order valence-corrected chi connectivity index (χ2v) is 11.8. The molecule has 4 aromatic carbocycles. The monoisotopic (exact) mass is 604 g/mol. The molecule has 8 rings (SSSR count). The highest BCUT2D eigenvalue weighted by Gasteiger charge is 2.36. The first-order valence-corrected chi connectivity index (χ1v) is 14.4. The lowest BCUT2D eigenvalue weighted by Crippen LogP contribution is -2.71. The van der Waals surface area contributed by atoms with E-state index < -0.39 is 0 Å². The first-order valence-electron chi connectivity index (χ1n) is 13.7. The molecule has 42 heavy (non-hydrogen) atoms. The van der Waals surface area contributed by atoms with Crippen molar-refractivity contribution >= 4 is 29.5 Å². The van der Waals surface area contributed by atoms with Gasteiger partial charge in [0.25, 0.3) is 0 Å². The highest BCUT2D eigenvalue weighted by atomic mass is 35.5. The summed E-state index contributed by atoms with van der Waals surface area (Å²) >= 11 is 11.7. The smallest absolute Gasteiger partial charge is 0.153 e. The van der Waals surface area contributed by atoms with Gasteiger partial charge in [-0.3, -0.25) is 24.4 Å². The van der Waals surface area contributed by atoms with Gasteiger partial charge in [-0.05, 0) is 60.4 Å². The minimum absolute atomic E-state index is 0.119. The molecule has 4 heterocycles. The molecular formula is C33H34Cl2N4O3. The van der Waals surface area contributed by atoms with Crippen LogP contribution in [0.1, 0.15) is 21.5 Å². The number of hydrogen-bond acceptors (Lipinski definition) is 7. The highest BCUT2D eigenvalue weighted by molar-refractivity contribution is 6.33. The molecule has 0 radical (unpaired) electrons. The van der Waals surface area contributed by atoms with Crippen LogP contribution in [0.4, 0.5) is 0 Å². The Labute approximate surface area is 256 Å². The van der Waals surface area contributed by atoms with E-state index in [1.807, 2.05) is 62.4 Å². The van der Waals surface area contributed by atoms with Crippen molar-refractivity contribution in [3.05, 3.63) is 106 Å². The molecule has 0 spiro atoms. The number of benzene rings is 4. The van der Waals surface area contributed by atoms with Gasteiger partial charge in [0.15, 0.2) is 6.29 Å². The third-order valence-electron chi connectivity index (χ3n) is 7.27. The van der Waals surface area contributed by atoms with Crippen LogP contribution in [0.25, 0.3) is 22.3 Å². The van der Waals surface area contributed by atoms with Crippen LogP contribution >= 0.6 is 23.2 Å². The SMILES string of the molecule is C1N2CN3CN1CN(C2)C3.Cc1cccc(-c2cc(Cl)c(O)c(C=O)c2)c1.Cc1cccc(-c2ccc(O)c(Cl)c2)c1. The standard InChI is InChI=1S/C14H11ClO2.C13H11ClO.C6H12N4/c1-9-3-2-4-10(5-9)11-6-12(8-16)14(17)13(15)7-11;1-9-3-2-4-10(7-9)11-5-6-13(15)12(14)8-11;1-7-2-9-4-8(1)5-10(3-7)6-9/h2-8,17H,1H3;2-8,15H,1H3;1-6H2. The van der Waals surface area contributed by atoms with Crippen LogP contribution in [0.2, 0.25) is 10.0 Å². The summed E-state index contributed by atoms with van der Waals surface area (Å²) in [6.07, 6.45) is 0.598. The Balaban J connectivity index is 0.000000129. The van der Waals surface area contributed by atoms with E-state index in [2.05, 4.69) is 25.7 Å². The number of carbonyl (C=O) groups is 1. The largest absolute Gasteiger partial charge is 0.506 e. The van der Waals surface area contributed by atoms with Crippen molar-refractivity contribution in [2.24, 2.45) is 0 Å². The number of phenols is 2. The summed E-state index contributed by atoms with van der Waals surface area (Å²) in [4.78, 5) is 20.7. The Morgan fingerprint density at radius 2 is 1.05 bits per heavy atom. The van der Waals surface area contributed by atoms with Crippen molar-refractivity contribution in [2.45, 2.75) is 13.8 Å². The van der Waals surface area contributed by atoms with Crippen molar-refractivity contribution < 1.29 is 15.0 Å². The van der Waals surface area contributed by atoms with Gasteiger partial charge in [0.05, 0.1) is 55.6 Å². The van der Waals surface area contributed by atoms with E-state index in [-0.39, 0.29) is 22.1 Å². The van der Waals surface area contributed by atoms with E-state index >= 15 is 0 Å². The molecule has 0 aliphatic carbocycles. The lowest BCUT2D eigenvalue weighted by Gasteiger charge is -2.56. The topological polar surface area (TPSA) is 70.5 Å². The van der Waals surface area contributed by atoms with Gasteiger partial charge in [-0.1, -0.05) is 88.9 Å². The van der Waals surface area contributed by atoms with Gasteiger partial charge in [-0.2, -0.15) is 0 Å². The quantitative estimate of drug-likeness (QED) is 0.248. The molecule has 0 aromatic heterocycles. The van der Waals surface area contributed by atoms with Crippen molar-refractivity contribution in [1.29, 1.82) is 0 Å². The third-order valence-corrected chi connectivity index (χ3v) is 7.86. The molecule has 0 amide bonds. The van der Waals surface area contributed by atoms with Crippen LogP contribution in [0.15, 0.2) is 78.9 Å². The zero-order valence-electron chi connectivity index (χ0n) is 23.7. The van der Waals surface area contributed by atoms with E-state index in [1.54, 1.807) is 24.3 Å². The second kappa shape index (κ2) is 13.3. The van der Waals surface area contributed by atoms with Gasteiger partial charge in [-0.15, -0.1) is 0 Å². The molecule has 218 valence electrons. The van der Waals surface area contributed by atoms with Crippen LogP contribution in [0.3, 0.4) is 0 Å². The minimum atomic E-state index is -0.168. The van der Waals surface area contributed by atoms with Gasteiger partial charge in [0.2, 0.25) is 0 Å². The van der Waals surface area contributed by atoms with Crippen molar-refractivity contribution in [3.63, 3.8) is 0 Å². The number of hydrogen-bond donors (Lipinski definition) is 2. The predicted octanol–water partition coefficient (Wildman–Crippen LogP) is 6.83. The third kappa shape index (κ3) is 7.31. The first-order chi connectivity index (χ1) is 20.2. The van der Waals surface area contributed by atoms with E-state index in [0.29, 0.717) is 11.3 Å². The predicted molar refractivity (Wildman–Crippen MR) is 169 cm³/mol. The number of aromatic hydroxyl groups is 2. The fraction of sp³-hybridized carbons (Fsp3) is 0.242. The van der Waals surface area contributed by atoms with E-state index in [4.69, 9.17) is 23.2 Å². The summed E-state index contributed by atoms with van der Waals surface area (Å²) in [5.41, 5.74) is 6.44. The molecule has 4 bridgehead atoms. The summed E-state index contributed by atoms with van der Waals surface area (Å²) in [5.74, 6) is -0.0499. The van der Waals surface area contributed by atoms with Gasteiger partial charge >= 0.3 is 0 Å². The van der Waals surface area contributed by atoms with E-state index in [0.717, 1.165) is 27.8 Å². The Morgan fingerprint density at radius 1 is 0.595 bits per heavy atom. The molecule has 9 heteroatoms. The van der Waals surface area contributed by atoms with Gasteiger partial charge in [0, 0.05) is 0 Å². The zero-order valence-corrected chi connectivity index (χ0v) is 25.2. The molecule has 4 saturated heterocycles. The number of phenolic OH excluding ortho intramolecular Hbond substituents is 2. The number of nitrogens with zero attached hydrogens (tertiary/aromatic N) is 4. The zero-order chi connectivity index (χ0) is 29.8. The van der Waals surface area contributed by atoms with Crippen LogP contribution in [0.5, 0.6) is 11.5 Å². The van der Waals surface area contributed by atoms with Crippen LogP contribution in [-0.2, 0) is 0 Å². The second-order valence-electron chi connectivity index (χ2n) is 11.0. The number of aldehydes is 1. The Morgan fingerprint density at radius 3 is 1.50 bits per heavy atom.